The van der Waals surface area contributed by atoms with Crippen LogP contribution in [-0.2, 0) is 4.79 Å². The molecule has 1 rings (SSSR count). The molecule has 3 nitrogen and oxygen atoms in total. The van der Waals surface area contributed by atoms with Gasteiger partial charge >= 0.3 is 0 Å². The number of likely N-dealkylation sites (tertiary alicyclic amines) is 1. The van der Waals surface area contributed by atoms with Crippen LogP contribution in [0.5, 0.6) is 0 Å². The number of nitrogens with two attached hydrogens (primary N) is 1. The summed E-state index contributed by atoms with van der Waals surface area (Å²) in [7, 11) is 0. The Morgan fingerprint density at radius 2 is 2.12 bits per heavy atom. The zero-order valence-electron chi connectivity index (χ0n) is 11.1. The molecular formula is C13H26N2O. The molecule has 3 heteroatoms. The van der Waals surface area contributed by atoms with E-state index in [1.54, 1.807) is 0 Å². The number of carbonyl (C=O) groups is 1. The third-order valence-electron chi connectivity index (χ3n) is 3.38. The normalized spacial score (nSPS) is 24.1. The summed E-state index contributed by atoms with van der Waals surface area (Å²) >= 11 is 0. The number of rotatable bonds is 4. The standard InChI is InChI=1S/C13H26N2O/c1-10(2)6-5-7-12(16)15-9-11(14)8-13(15,3)4/h10-11H,5-9,14H2,1-4H3. The first kappa shape index (κ1) is 13.5. The van der Waals surface area contributed by atoms with Gasteiger partial charge in [0.25, 0.3) is 0 Å². The molecule has 0 aromatic heterocycles. The predicted octanol–water partition coefficient (Wildman–Crippen LogP) is 2.15. The molecule has 0 saturated carbocycles. The highest BCUT2D eigenvalue weighted by molar-refractivity contribution is 5.77. The van der Waals surface area contributed by atoms with E-state index in [-0.39, 0.29) is 17.5 Å². The molecule has 1 fully saturated rings. The molecule has 1 saturated heterocycles. The first-order valence-electron chi connectivity index (χ1n) is 6.39. The second kappa shape index (κ2) is 5.17. The van der Waals surface area contributed by atoms with Gasteiger partial charge in [0.2, 0.25) is 5.91 Å². The molecule has 0 bridgehead atoms. The maximum atomic E-state index is 12.1. The van der Waals surface area contributed by atoms with Crippen molar-refractivity contribution in [2.75, 3.05) is 6.54 Å². The molecule has 1 aliphatic heterocycles. The van der Waals surface area contributed by atoms with E-state index in [0.29, 0.717) is 12.3 Å². The average molecular weight is 226 g/mol. The minimum Gasteiger partial charge on any atom is -0.336 e. The zero-order chi connectivity index (χ0) is 12.3. The molecule has 0 radical (unpaired) electrons. The Kier molecular flexibility index (Phi) is 4.36. The van der Waals surface area contributed by atoms with Gasteiger partial charge in [-0.15, -0.1) is 0 Å². The predicted molar refractivity (Wildman–Crippen MR) is 67.1 cm³/mol. The van der Waals surface area contributed by atoms with Crippen LogP contribution in [-0.4, -0.2) is 28.9 Å². The van der Waals surface area contributed by atoms with Crippen LogP contribution >= 0.6 is 0 Å². The van der Waals surface area contributed by atoms with E-state index in [0.717, 1.165) is 25.8 Å². The summed E-state index contributed by atoms with van der Waals surface area (Å²) < 4.78 is 0. The molecule has 1 unspecified atom stereocenters. The van der Waals surface area contributed by atoms with Crippen molar-refractivity contribution in [1.29, 1.82) is 0 Å². The van der Waals surface area contributed by atoms with Crippen LogP contribution in [0.4, 0.5) is 0 Å². The van der Waals surface area contributed by atoms with Crippen LogP contribution in [0.15, 0.2) is 0 Å². The zero-order valence-corrected chi connectivity index (χ0v) is 11.1. The highest BCUT2D eigenvalue weighted by Crippen LogP contribution is 2.28. The summed E-state index contributed by atoms with van der Waals surface area (Å²) in [6, 6.07) is 0.157. The quantitative estimate of drug-likeness (QED) is 0.798. The third kappa shape index (κ3) is 3.48. The minimum absolute atomic E-state index is 0.0473. The average Bonchev–Trinajstić information content (AvgIpc) is 2.38. The summed E-state index contributed by atoms with van der Waals surface area (Å²) in [6.45, 7) is 9.34. The van der Waals surface area contributed by atoms with Crippen molar-refractivity contribution in [1.82, 2.24) is 4.90 Å². The van der Waals surface area contributed by atoms with Crippen LogP contribution < -0.4 is 5.73 Å². The fourth-order valence-corrected chi connectivity index (χ4v) is 2.53. The molecule has 0 spiro atoms. The third-order valence-corrected chi connectivity index (χ3v) is 3.38. The lowest BCUT2D eigenvalue weighted by atomic mass is 10.00. The lowest BCUT2D eigenvalue weighted by molar-refractivity contribution is -0.134. The lowest BCUT2D eigenvalue weighted by Crippen LogP contribution is -2.42. The minimum atomic E-state index is -0.0473. The van der Waals surface area contributed by atoms with Gasteiger partial charge in [-0.25, -0.2) is 0 Å². The van der Waals surface area contributed by atoms with E-state index in [4.69, 9.17) is 5.73 Å². The van der Waals surface area contributed by atoms with Crippen molar-refractivity contribution < 1.29 is 4.79 Å². The van der Waals surface area contributed by atoms with Crippen LogP contribution in [0, 0.1) is 5.92 Å². The molecule has 0 aromatic carbocycles. The first-order chi connectivity index (χ1) is 7.33. The van der Waals surface area contributed by atoms with E-state index >= 15 is 0 Å². The lowest BCUT2D eigenvalue weighted by Gasteiger charge is -2.31. The van der Waals surface area contributed by atoms with Crippen molar-refractivity contribution in [2.45, 2.75) is 65.0 Å². The Hall–Kier alpha value is -0.570. The smallest absolute Gasteiger partial charge is 0.223 e. The van der Waals surface area contributed by atoms with Crippen molar-refractivity contribution in [3.63, 3.8) is 0 Å². The van der Waals surface area contributed by atoms with E-state index in [1.807, 2.05) is 4.90 Å². The number of amides is 1. The summed E-state index contributed by atoms with van der Waals surface area (Å²) in [6.07, 6.45) is 3.72. The Morgan fingerprint density at radius 3 is 2.56 bits per heavy atom. The van der Waals surface area contributed by atoms with Gasteiger partial charge in [0, 0.05) is 24.5 Å². The molecular weight excluding hydrogens is 200 g/mol. The molecule has 1 atom stereocenters. The summed E-state index contributed by atoms with van der Waals surface area (Å²) in [4.78, 5) is 14.0. The van der Waals surface area contributed by atoms with Crippen LogP contribution in [0.3, 0.4) is 0 Å². The van der Waals surface area contributed by atoms with E-state index in [2.05, 4.69) is 27.7 Å². The molecule has 1 heterocycles. The fraction of sp³-hybridized carbons (Fsp3) is 0.923. The number of hydrogen-bond acceptors (Lipinski definition) is 2. The molecule has 16 heavy (non-hydrogen) atoms. The number of hydrogen-bond donors (Lipinski definition) is 1. The summed E-state index contributed by atoms with van der Waals surface area (Å²) in [5, 5.41) is 0. The van der Waals surface area contributed by atoms with E-state index < -0.39 is 0 Å². The number of nitrogens with zero attached hydrogens (tertiary/aromatic N) is 1. The first-order valence-corrected chi connectivity index (χ1v) is 6.39. The van der Waals surface area contributed by atoms with Crippen LogP contribution in [0.1, 0.15) is 53.4 Å². The largest absolute Gasteiger partial charge is 0.336 e. The van der Waals surface area contributed by atoms with Gasteiger partial charge in [-0.05, 0) is 32.6 Å². The SMILES string of the molecule is CC(C)CCCC(=O)N1CC(N)CC1(C)C. The van der Waals surface area contributed by atoms with Gasteiger partial charge < -0.3 is 10.6 Å². The monoisotopic (exact) mass is 226 g/mol. The molecule has 0 aromatic rings. The maximum Gasteiger partial charge on any atom is 0.223 e. The van der Waals surface area contributed by atoms with E-state index in [1.165, 1.54) is 0 Å². The molecule has 2 N–H and O–H groups in total. The van der Waals surface area contributed by atoms with Gasteiger partial charge in [0.1, 0.15) is 0 Å². The van der Waals surface area contributed by atoms with Crippen LogP contribution in [0.2, 0.25) is 0 Å². The summed E-state index contributed by atoms with van der Waals surface area (Å²) in [5.41, 5.74) is 5.87. The summed E-state index contributed by atoms with van der Waals surface area (Å²) in [5.74, 6) is 0.959. The molecule has 1 aliphatic rings. The Morgan fingerprint density at radius 1 is 1.50 bits per heavy atom. The van der Waals surface area contributed by atoms with Gasteiger partial charge in [0.05, 0.1) is 0 Å². The second-order valence-corrected chi connectivity index (χ2v) is 6.07. The van der Waals surface area contributed by atoms with Gasteiger partial charge in [-0.3, -0.25) is 4.79 Å². The topological polar surface area (TPSA) is 46.3 Å². The Labute approximate surface area is 99.4 Å². The fourth-order valence-electron chi connectivity index (χ4n) is 2.53. The van der Waals surface area contributed by atoms with E-state index in [9.17, 15) is 4.79 Å². The number of carbonyl (C=O) groups excluding carboxylic acids is 1. The van der Waals surface area contributed by atoms with Crippen molar-refractivity contribution in [2.24, 2.45) is 11.7 Å². The molecule has 94 valence electrons. The van der Waals surface area contributed by atoms with Crippen molar-refractivity contribution >= 4 is 5.91 Å². The molecule has 0 aliphatic carbocycles. The Balaban J connectivity index is 2.42. The van der Waals surface area contributed by atoms with Gasteiger partial charge in [0.15, 0.2) is 0 Å². The van der Waals surface area contributed by atoms with Crippen molar-refractivity contribution in [3.8, 4) is 0 Å². The molecule has 1 amide bonds. The van der Waals surface area contributed by atoms with Crippen LogP contribution in [0.25, 0.3) is 0 Å². The van der Waals surface area contributed by atoms with Crippen molar-refractivity contribution in [3.05, 3.63) is 0 Å². The Bertz CT molecular complexity index is 248. The van der Waals surface area contributed by atoms with Gasteiger partial charge in [-0.2, -0.15) is 0 Å². The van der Waals surface area contributed by atoms with Gasteiger partial charge in [-0.1, -0.05) is 20.3 Å². The highest BCUT2D eigenvalue weighted by atomic mass is 16.2. The highest BCUT2D eigenvalue weighted by Gasteiger charge is 2.39. The maximum absolute atomic E-state index is 12.1. The second-order valence-electron chi connectivity index (χ2n) is 6.07.